The fourth-order valence-electron chi connectivity index (χ4n) is 1.39. The van der Waals surface area contributed by atoms with E-state index in [9.17, 15) is 4.79 Å². The van der Waals surface area contributed by atoms with Crippen molar-refractivity contribution in [2.75, 3.05) is 0 Å². The lowest BCUT2D eigenvalue weighted by molar-refractivity contribution is 0.0944. The second kappa shape index (κ2) is 5.25. The summed E-state index contributed by atoms with van der Waals surface area (Å²) in [5, 5.41) is 7.14. The van der Waals surface area contributed by atoms with Gasteiger partial charge in [0.1, 0.15) is 4.88 Å². The Labute approximate surface area is 108 Å². The van der Waals surface area contributed by atoms with E-state index in [-0.39, 0.29) is 11.9 Å². The SMILES string of the molecule is CC(NC(=O)c1cnns1)c1cccc(Cl)c1. The van der Waals surface area contributed by atoms with Crippen LogP contribution in [0.25, 0.3) is 0 Å². The summed E-state index contributed by atoms with van der Waals surface area (Å²) in [6.07, 6.45) is 1.45. The number of benzene rings is 1. The second-order valence-electron chi connectivity index (χ2n) is 3.53. The third-order valence-electron chi connectivity index (χ3n) is 2.28. The van der Waals surface area contributed by atoms with Crippen LogP contribution >= 0.6 is 23.1 Å². The zero-order valence-electron chi connectivity index (χ0n) is 9.05. The molecule has 6 heteroatoms. The number of halogens is 1. The number of carbonyl (C=O) groups excluding carboxylic acids is 1. The Bertz CT molecular complexity index is 515. The highest BCUT2D eigenvalue weighted by molar-refractivity contribution is 7.07. The number of nitrogens with zero attached hydrogens (tertiary/aromatic N) is 2. The molecule has 4 nitrogen and oxygen atoms in total. The molecule has 0 fully saturated rings. The lowest BCUT2D eigenvalue weighted by Gasteiger charge is -2.13. The lowest BCUT2D eigenvalue weighted by atomic mass is 10.1. The zero-order valence-corrected chi connectivity index (χ0v) is 10.6. The molecule has 0 aliphatic rings. The normalized spacial score (nSPS) is 12.1. The number of carbonyl (C=O) groups is 1. The summed E-state index contributed by atoms with van der Waals surface area (Å²) in [5.74, 6) is -0.174. The molecule has 1 aromatic carbocycles. The topological polar surface area (TPSA) is 54.9 Å². The number of hydrogen-bond acceptors (Lipinski definition) is 4. The summed E-state index contributed by atoms with van der Waals surface area (Å²) in [6.45, 7) is 1.90. The Balaban J connectivity index is 2.07. The minimum absolute atomic E-state index is 0.108. The molecule has 1 N–H and O–H groups in total. The van der Waals surface area contributed by atoms with E-state index in [1.54, 1.807) is 6.07 Å². The van der Waals surface area contributed by atoms with E-state index in [0.717, 1.165) is 17.1 Å². The average molecular weight is 268 g/mol. The number of rotatable bonds is 3. The van der Waals surface area contributed by atoms with Crippen molar-refractivity contribution >= 4 is 29.0 Å². The van der Waals surface area contributed by atoms with Crippen LogP contribution < -0.4 is 5.32 Å². The number of hydrogen-bond donors (Lipinski definition) is 1. The molecule has 1 amide bonds. The minimum Gasteiger partial charge on any atom is -0.345 e. The fourth-order valence-corrected chi connectivity index (χ4v) is 2.01. The Morgan fingerprint density at radius 1 is 1.53 bits per heavy atom. The van der Waals surface area contributed by atoms with Crippen molar-refractivity contribution in [1.29, 1.82) is 0 Å². The van der Waals surface area contributed by atoms with Crippen LogP contribution in [0.3, 0.4) is 0 Å². The maximum absolute atomic E-state index is 11.8. The molecule has 2 aromatic rings. The van der Waals surface area contributed by atoms with Gasteiger partial charge in [0.2, 0.25) is 0 Å². The molecule has 1 atom stereocenters. The molecule has 0 saturated carbocycles. The van der Waals surface area contributed by atoms with Crippen LogP contribution in [0.1, 0.15) is 28.2 Å². The first kappa shape index (κ1) is 12.0. The molecule has 0 aliphatic carbocycles. The van der Waals surface area contributed by atoms with E-state index >= 15 is 0 Å². The summed E-state index contributed by atoms with van der Waals surface area (Å²) in [7, 11) is 0. The van der Waals surface area contributed by atoms with Crippen molar-refractivity contribution in [3.63, 3.8) is 0 Å². The number of amides is 1. The molecule has 0 saturated heterocycles. The highest BCUT2D eigenvalue weighted by Crippen LogP contribution is 2.18. The molecule has 0 radical (unpaired) electrons. The van der Waals surface area contributed by atoms with Gasteiger partial charge in [-0.2, -0.15) is 0 Å². The van der Waals surface area contributed by atoms with Crippen molar-refractivity contribution < 1.29 is 4.79 Å². The van der Waals surface area contributed by atoms with Crippen molar-refractivity contribution in [2.45, 2.75) is 13.0 Å². The standard InChI is InChI=1S/C11H10ClN3OS/c1-7(8-3-2-4-9(12)5-8)14-11(16)10-6-13-15-17-10/h2-7H,1H3,(H,14,16). The van der Waals surface area contributed by atoms with Crippen LogP contribution in [-0.2, 0) is 0 Å². The quantitative estimate of drug-likeness (QED) is 0.930. The van der Waals surface area contributed by atoms with Crippen LogP contribution in [0.2, 0.25) is 5.02 Å². The van der Waals surface area contributed by atoms with E-state index in [1.165, 1.54) is 6.20 Å². The van der Waals surface area contributed by atoms with Crippen LogP contribution in [0.15, 0.2) is 30.5 Å². The van der Waals surface area contributed by atoms with Gasteiger partial charge in [-0.3, -0.25) is 4.79 Å². The Hall–Kier alpha value is -1.46. The van der Waals surface area contributed by atoms with E-state index < -0.39 is 0 Å². The van der Waals surface area contributed by atoms with Crippen LogP contribution in [-0.4, -0.2) is 15.5 Å². The Kier molecular flexibility index (Phi) is 3.71. The van der Waals surface area contributed by atoms with E-state index in [2.05, 4.69) is 14.9 Å². The molecule has 0 spiro atoms. The first-order valence-electron chi connectivity index (χ1n) is 5.00. The van der Waals surface area contributed by atoms with Gasteiger partial charge in [0.15, 0.2) is 0 Å². The molecule has 1 heterocycles. The van der Waals surface area contributed by atoms with Gasteiger partial charge in [-0.25, -0.2) is 0 Å². The molecule has 1 unspecified atom stereocenters. The van der Waals surface area contributed by atoms with Gasteiger partial charge in [-0.15, -0.1) is 5.10 Å². The number of aromatic nitrogens is 2. The van der Waals surface area contributed by atoms with Gasteiger partial charge < -0.3 is 5.32 Å². The monoisotopic (exact) mass is 267 g/mol. The lowest BCUT2D eigenvalue weighted by Crippen LogP contribution is -2.25. The van der Waals surface area contributed by atoms with Crippen molar-refractivity contribution in [3.05, 3.63) is 45.9 Å². The molecule has 0 aliphatic heterocycles. The largest absolute Gasteiger partial charge is 0.345 e. The summed E-state index contributed by atoms with van der Waals surface area (Å²) in [5.41, 5.74) is 0.961. The minimum atomic E-state index is -0.174. The van der Waals surface area contributed by atoms with Gasteiger partial charge in [-0.05, 0) is 36.2 Å². The molecular formula is C11H10ClN3OS. The van der Waals surface area contributed by atoms with Crippen LogP contribution in [0, 0.1) is 0 Å². The van der Waals surface area contributed by atoms with Crippen molar-refractivity contribution in [3.8, 4) is 0 Å². The summed E-state index contributed by atoms with van der Waals surface area (Å²) < 4.78 is 3.65. The predicted molar refractivity (Wildman–Crippen MR) is 67.2 cm³/mol. The smallest absolute Gasteiger partial charge is 0.265 e. The van der Waals surface area contributed by atoms with E-state index in [0.29, 0.717) is 9.90 Å². The van der Waals surface area contributed by atoms with Crippen LogP contribution in [0.5, 0.6) is 0 Å². The average Bonchev–Trinajstić information content (AvgIpc) is 2.82. The first-order valence-corrected chi connectivity index (χ1v) is 6.15. The molecule has 2 rings (SSSR count). The van der Waals surface area contributed by atoms with Gasteiger partial charge in [0.05, 0.1) is 12.2 Å². The molecular weight excluding hydrogens is 258 g/mol. The summed E-state index contributed by atoms with van der Waals surface area (Å²) in [4.78, 5) is 12.3. The van der Waals surface area contributed by atoms with Gasteiger partial charge in [-0.1, -0.05) is 28.2 Å². The van der Waals surface area contributed by atoms with Gasteiger partial charge in [0, 0.05) is 5.02 Å². The Morgan fingerprint density at radius 3 is 3.00 bits per heavy atom. The van der Waals surface area contributed by atoms with Crippen molar-refractivity contribution in [2.24, 2.45) is 0 Å². The highest BCUT2D eigenvalue weighted by Gasteiger charge is 2.13. The first-order chi connectivity index (χ1) is 8.16. The highest BCUT2D eigenvalue weighted by atomic mass is 35.5. The maximum Gasteiger partial charge on any atom is 0.265 e. The van der Waals surface area contributed by atoms with Crippen molar-refractivity contribution in [1.82, 2.24) is 14.9 Å². The third kappa shape index (κ3) is 3.01. The molecule has 88 valence electrons. The maximum atomic E-state index is 11.8. The zero-order chi connectivity index (χ0) is 12.3. The fraction of sp³-hybridized carbons (Fsp3) is 0.182. The third-order valence-corrected chi connectivity index (χ3v) is 3.18. The Morgan fingerprint density at radius 2 is 2.35 bits per heavy atom. The van der Waals surface area contributed by atoms with Gasteiger partial charge >= 0.3 is 0 Å². The predicted octanol–water partition coefficient (Wildman–Crippen LogP) is 2.68. The van der Waals surface area contributed by atoms with Gasteiger partial charge in [0.25, 0.3) is 5.91 Å². The molecule has 1 aromatic heterocycles. The van der Waals surface area contributed by atoms with E-state index in [1.807, 2.05) is 25.1 Å². The number of nitrogens with one attached hydrogen (secondary N) is 1. The summed E-state index contributed by atoms with van der Waals surface area (Å²) in [6, 6.07) is 7.30. The second-order valence-corrected chi connectivity index (χ2v) is 4.75. The summed E-state index contributed by atoms with van der Waals surface area (Å²) >= 11 is 6.97. The van der Waals surface area contributed by atoms with E-state index in [4.69, 9.17) is 11.6 Å². The molecule has 17 heavy (non-hydrogen) atoms. The molecule has 0 bridgehead atoms. The van der Waals surface area contributed by atoms with Crippen LogP contribution in [0.4, 0.5) is 0 Å².